The van der Waals surface area contributed by atoms with Crippen molar-refractivity contribution in [2.24, 2.45) is 35.1 Å². The molecule has 14 atom stereocenters. The lowest BCUT2D eigenvalue weighted by molar-refractivity contribution is -0.140. The Morgan fingerprint density at radius 1 is 0.361 bits per heavy atom. The third-order valence-electron chi connectivity index (χ3n) is 17.4. The Hall–Kier alpha value is -12.6. The molecule has 0 saturated heterocycles. The van der Waals surface area contributed by atoms with Crippen molar-refractivity contribution in [2.45, 2.75) is 212 Å². The van der Waals surface area contributed by atoms with Crippen molar-refractivity contribution >= 4 is 130 Å². The first-order valence-electron chi connectivity index (χ1n) is 37.8. The first kappa shape index (κ1) is 104. The molecule has 0 bridgehead atoms. The Bertz CT molecular complexity index is 3750. The van der Waals surface area contributed by atoms with Gasteiger partial charge in [0.05, 0.1) is 57.9 Å². The fraction of sp³-hybridized carbons (Fsp3) is 0.611. The number of aliphatic hydroxyl groups is 2. The highest BCUT2D eigenvalue weighted by atomic mass is 16.4. The van der Waals surface area contributed by atoms with E-state index in [4.69, 9.17) is 21.7 Å². The zero-order valence-corrected chi connectivity index (χ0v) is 67.5. The third-order valence-corrected chi connectivity index (χ3v) is 17.4. The number of carboxylic acids is 4. The molecule has 664 valence electrons. The average Bonchev–Trinajstić information content (AvgIpc) is 0.857. The molecule has 1 aromatic rings. The van der Waals surface area contributed by atoms with Crippen molar-refractivity contribution in [3.05, 3.63) is 35.9 Å². The van der Waals surface area contributed by atoms with Gasteiger partial charge in [0.2, 0.25) is 106 Å². The Morgan fingerprint density at radius 2 is 0.739 bits per heavy atom. The maximum Gasteiger partial charge on any atom is 0.322 e. The minimum absolute atomic E-state index is 0.00266. The second-order valence-corrected chi connectivity index (χ2v) is 28.7. The monoisotopic (exact) mass is 1690 g/mol. The quantitative estimate of drug-likeness (QED) is 0.0288. The van der Waals surface area contributed by atoms with Crippen LogP contribution in [0, 0.1) is 23.7 Å². The van der Waals surface area contributed by atoms with E-state index in [1.807, 2.05) is 5.32 Å². The molecule has 0 saturated carbocycles. The summed E-state index contributed by atoms with van der Waals surface area (Å²) < 4.78 is 0. The highest BCUT2D eigenvalue weighted by Crippen LogP contribution is 2.14. The first-order valence-corrected chi connectivity index (χ1v) is 37.8. The van der Waals surface area contributed by atoms with Gasteiger partial charge in [0.15, 0.2) is 0 Å². The highest BCUT2D eigenvalue weighted by Gasteiger charge is 2.38. The Morgan fingerprint density at radius 3 is 1.20 bits per heavy atom. The molecule has 18 amide bonds. The minimum Gasteiger partial charge on any atom is -0.481 e. The number of rotatable bonds is 56. The summed E-state index contributed by atoms with van der Waals surface area (Å²) in [7, 11) is 0. The lowest BCUT2D eigenvalue weighted by atomic mass is 9.96. The van der Waals surface area contributed by atoms with Gasteiger partial charge in [-0.25, -0.2) is 0 Å². The molecule has 1 aromatic carbocycles. The van der Waals surface area contributed by atoms with Gasteiger partial charge in [0.25, 0.3) is 0 Å². The number of carbonyl (C=O) groups excluding carboxylic acids is 18. The van der Waals surface area contributed by atoms with Crippen molar-refractivity contribution in [1.29, 1.82) is 0 Å². The summed E-state index contributed by atoms with van der Waals surface area (Å²) in [6.45, 7) is 9.33. The Labute approximate surface area is 683 Å². The summed E-state index contributed by atoms with van der Waals surface area (Å²) in [6, 6.07) is -11.7. The lowest BCUT2D eigenvalue weighted by Crippen LogP contribution is -2.62. The second kappa shape index (κ2) is 53.6. The predicted octanol–water partition coefficient (Wildman–Crippen LogP) is -10.1. The molecule has 0 aromatic heterocycles. The normalized spacial score (nSPS) is 14.5. The molecule has 0 aliphatic carbocycles. The first-order chi connectivity index (χ1) is 55.6. The number of hydrogen-bond donors (Lipinski definition) is 25. The molecule has 0 spiro atoms. The van der Waals surface area contributed by atoms with Gasteiger partial charge < -0.3 is 132 Å². The van der Waals surface area contributed by atoms with Crippen molar-refractivity contribution in [3.8, 4) is 0 Å². The molecule has 0 heterocycles. The van der Waals surface area contributed by atoms with E-state index in [9.17, 15) is 126 Å². The van der Waals surface area contributed by atoms with Crippen LogP contribution in [0.15, 0.2) is 30.3 Å². The SMILES string of the molecule is CC[C@H](C)[C@H](NC(=O)[C@H](CC(C)C)NC(=O)CNC(=O)[C@@H](NC(=O)[C@H](CO)NC(=O)[C@@H](NC(=O)[C@@H](NC(=O)CNC(=O)[C@H](C)NC(=O)[C@H](Cc1ccccc1)NC(=O)[C@H](CCC(=O)O)NC(=O)[C@H](CCC(=O)O)NC(=O)[C@H](CCC(N)=O)NC(=O)CNC(=O)[C@@H](N)CC(=O)O)C(C)C)C(C)C)[C@@H](C)O)C(=O)NCC(=O)NCC(=O)NCC(=O)O. The zero-order valence-electron chi connectivity index (χ0n) is 67.5. The highest BCUT2D eigenvalue weighted by molar-refractivity contribution is 6.01. The van der Waals surface area contributed by atoms with Crippen LogP contribution in [-0.4, -0.2) is 285 Å². The molecular weight excluding hydrogens is 1580 g/mol. The van der Waals surface area contributed by atoms with Crippen LogP contribution >= 0.6 is 0 Å². The van der Waals surface area contributed by atoms with Crippen LogP contribution in [0.2, 0.25) is 0 Å². The van der Waals surface area contributed by atoms with Gasteiger partial charge >= 0.3 is 23.9 Å². The summed E-state index contributed by atoms with van der Waals surface area (Å²) in [5, 5.41) is 96.8. The topological polar surface area (TPSA) is 753 Å². The number of primary amides is 1. The molecule has 0 fully saturated rings. The Kier molecular flexibility index (Phi) is 47.1. The summed E-state index contributed by atoms with van der Waals surface area (Å²) >= 11 is 0. The van der Waals surface area contributed by atoms with Crippen molar-refractivity contribution < 1.29 is 136 Å². The van der Waals surface area contributed by atoms with E-state index in [1.54, 1.807) is 58.0 Å². The van der Waals surface area contributed by atoms with Crippen LogP contribution in [0.5, 0.6) is 0 Å². The molecule has 1 rings (SSSR count). The number of aliphatic carboxylic acids is 4. The van der Waals surface area contributed by atoms with Crippen LogP contribution < -0.4 is 102 Å². The molecule has 47 heteroatoms. The smallest absolute Gasteiger partial charge is 0.322 e. The zero-order chi connectivity index (χ0) is 90.7. The van der Waals surface area contributed by atoms with Gasteiger partial charge in [0.1, 0.15) is 73.0 Å². The van der Waals surface area contributed by atoms with E-state index < -0.39 is 317 Å². The summed E-state index contributed by atoms with van der Waals surface area (Å²) in [5.74, 6) is -26.7. The lowest BCUT2D eigenvalue weighted by Gasteiger charge is -2.29. The number of aliphatic hydroxyl groups excluding tert-OH is 2. The number of amides is 18. The summed E-state index contributed by atoms with van der Waals surface area (Å²) in [4.78, 5) is 285. The fourth-order valence-corrected chi connectivity index (χ4v) is 10.6. The van der Waals surface area contributed by atoms with Crippen LogP contribution in [0.25, 0.3) is 0 Å². The van der Waals surface area contributed by atoms with Gasteiger partial charge in [0, 0.05) is 25.7 Å². The number of hydrogen-bond acceptors (Lipinski definition) is 25. The summed E-state index contributed by atoms with van der Waals surface area (Å²) in [5.41, 5.74) is 11.2. The van der Waals surface area contributed by atoms with E-state index >= 15 is 0 Å². The van der Waals surface area contributed by atoms with Crippen LogP contribution in [-0.2, 0) is 112 Å². The Balaban J connectivity index is 3.26. The number of benzene rings is 1. The second-order valence-electron chi connectivity index (χ2n) is 28.7. The largest absolute Gasteiger partial charge is 0.481 e. The van der Waals surface area contributed by atoms with Gasteiger partial charge in [-0.1, -0.05) is 92.1 Å². The van der Waals surface area contributed by atoms with Crippen LogP contribution in [0.4, 0.5) is 0 Å². The van der Waals surface area contributed by atoms with Gasteiger partial charge in [-0.15, -0.1) is 0 Å². The molecule has 0 radical (unpaired) electrons. The van der Waals surface area contributed by atoms with Crippen molar-refractivity contribution in [2.75, 3.05) is 45.9 Å². The molecule has 27 N–H and O–H groups in total. The van der Waals surface area contributed by atoms with Gasteiger partial charge in [-0.05, 0) is 68.8 Å². The minimum atomic E-state index is -1.89. The van der Waals surface area contributed by atoms with Crippen molar-refractivity contribution in [1.82, 2.24) is 90.4 Å². The summed E-state index contributed by atoms with van der Waals surface area (Å²) in [6.07, 6.45) is -6.68. The van der Waals surface area contributed by atoms with E-state index in [2.05, 4.69) is 85.1 Å². The van der Waals surface area contributed by atoms with E-state index in [1.165, 1.54) is 34.6 Å². The molecule has 0 unspecified atom stereocenters. The van der Waals surface area contributed by atoms with E-state index in [0.29, 0.717) is 12.0 Å². The van der Waals surface area contributed by atoms with Crippen molar-refractivity contribution in [3.63, 3.8) is 0 Å². The van der Waals surface area contributed by atoms with Crippen LogP contribution in [0.1, 0.15) is 133 Å². The molecule has 0 aliphatic heterocycles. The molecule has 119 heavy (non-hydrogen) atoms. The number of carbonyl (C=O) groups is 22. The maximum atomic E-state index is 14.2. The van der Waals surface area contributed by atoms with Gasteiger partial charge in [-0.3, -0.25) is 105 Å². The third kappa shape index (κ3) is 41.7. The average molecular weight is 1690 g/mol. The van der Waals surface area contributed by atoms with E-state index in [-0.39, 0.29) is 18.8 Å². The predicted molar refractivity (Wildman–Crippen MR) is 413 cm³/mol. The fourth-order valence-electron chi connectivity index (χ4n) is 10.6. The standard InChI is InChI=1S/C72H113N19O28/c1-11-36(8)59(69(116)79-27-49(96)75-26-48(95)76-31-56(106)107)90-67(114)44(23-33(2)3)83-51(98)29-80-70(117)60(38(10)93)91-68(115)46(32-92)87-71(118)58(35(6)7)89-72(119)57(34(4)5)88-52(99)30-77-61(108)37(9)81-66(113)45(24-39-15-13-12-14-16-39)86-65(112)43(19-22-54(102)103)85-64(111)42(18-21-53(100)101)84-63(110)41(17-20-47(74)94)82-50(97)28-78-62(109)40(73)25-55(104)105/h12-16,33-38,40-46,57-60,92-93H,11,17-32,73H2,1-10H3,(H2,74,94)(H,75,96)(H,76,95)(H,77,108)(H,78,109)(H,79,116)(H,80,117)(H,81,113)(H,82,97)(H,83,98)(H,84,110)(H,85,111)(H,86,112)(H,87,118)(H,88,99)(H,89,119)(H,90,114)(H,91,115)(H,100,101)(H,102,103)(H,104,105)(H,106,107)/t36-,37-,38+,40-,41-,42-,43-,44-,45-,46-,57-,58-,59-,60-/m0/s1. The number of nitrogens with one attached hydrogen (secondary N) is 17. The number of carboxylic acid groups (broad SMARTS) is 4. The van der Waals surface area contributed by atoms with Gasteiger partial charge in [-0.2, -0.15) is 0 Å². The maximum absolute atomic E-state index is 14.2. The molecular formula is C72H113N19O28. The molecule has 0 aliphatic rings. The molecule has 47 nitrogen and oxygen atoms in total. The van der Waals surface area contributed by atoms with E-state index in [0.717, 1.165) is 6.92 Å². The van der Waals surface area contributed by atoms with Crippen LogP contribution in [0.3, 0.4) is 0 Å². The number of nitrogens with two attached hydrogens (primary N) is 2.